The lowest BCUT2D eigenvalue weighted by Gasteiger charge is -2.12. The molecule has 0 saturated carbocycles. The molecule has 3 rings (SSSR count). The number of halogens is 1. The molecule has 0 aliphatic rings. The molecule has 3 aromatic rings. The first-order chi connectivity index (χ1) is 10.8. The van der Waals surface area contributed by atoms with Gasteiger partial charge in [-0.1, -0.05) is 71.9 Å². The number of nitrogens with zero attached hydrogens (tertiary/aromatic N) is 2. The molecule has 0 N–H and O–H groups in total. The number of aromatic nitrogens is 2. The lowest BCUT2D eigenvalue weighted by molar-refractivity contribution is 0.458. The van der Waals surface area contributed by atoms with Gasteiger partial charge in [-0.15, -0.1) is 0 Å². The van der Waals surface area contributed by atoms with E-state index in [2.05, 4.69) is 9.97 Å². The van der Waals surface area contributed by atoms with Crippen LogP contribution in [0.5, 0.6) is 11.6 Å². The van der Waals surface area contributed by atoms with Gasteiger partial charge in [-0.05, 0) is 24.0 Å². The minimum Gasteiger partial charge on any atom is -0.438 e. The van der Waals surface area contributed by atoms with E-state index in [4.69, 9.17) is 16.3 Å². The molecule has 1 aromatic heterocycles. The van der Waals surface area contributed by atoms with Crippen LogP contribution in [0.1, 0.15) is 0 Å². The Morgan fingerprint density at radius 3 is 2.18 bits per heavy atom. The van der Waals surface area contributed by atoms with Crippen molar-refractivity contribution >= 4 is 23.4 Å². The van der Waals surface area contributed by atoms with E-state index in [0.29, 0.717) is 27.5 Å². The fourth-order valence-electron chi connectivity index (χ4n) is 2.01. The second-order valence-corrected chi connectivity index (χ2v) is 5.59. The zero-order chi connectivity index (χ0) is 15.4. The second kappa shape index (κ2) is 6.81. The first-order valence-electron chi connectivity index (χ1n) is 6.68. The van der Waals surface area contributed by atoms with Crippen LogP contribution < -0.4 is 4.74 Å². The van der Waals surface area contributed by atoms with Crippen molar-refractivity contribution in [2.45, 2.75) is 5.16 Å². The number of hydrogen-bond donors (Lipinski definition) is 0. The van der Waals surface area contributed by atoms with Gasteiger partial charge in [0.05, 0.1) is 5.56 Å². The topological polar surface area (TPSA) is 35.0 Å². The van der Waals surface area contributed by atoms with Gasteiger partial charge in [0.2, 0.25) is 5.88 Å². The Balaban J connectivity index is 2.12. The molecule has 22 heavy (non-hydrogen) atoms. The highest BCUT2D eigenvalue weighted by atomic mass is 35.5. The Morgan fingerprint density at radius 1 is 0.909 bits per heavy atom. The SMILES string of the molecule is CSc1nc(Cl)c(-c2ccccc2)c(Oc2ccccc2)n1. The Bertz CT molecular complexity index is 766. The molecule has 0 saturated heterocycles. The summed E-state index contributed by atoms with van der Waals surface area (Å²) >= 11 is 7.79. The highest BCUT2D eigenvalue weighted by Gasteiger charge is 2.16. The summed E-state index contributed by atoms with van der Waals surface area (Å²) < 4.78 is 5.94. The lowest BCUT2D eigenvalue weighted by Crippen LogP contribution is -1.97. The molecule has 3 nitrogen and oxygen atoms in total. The number of rotatable bonds is 4. The molecule has 0 unspecified atom stereocenters. The van der Waals surface area contributed by atoms with Gasteiger partial charge in [-0.3, -0.25) is 0 Å². The Kier molecular flexibility index (Phi) is 4.61. The number of para-hydroxylation sites is 1. The standard InChI is InChI=1S/C17H13ClN2OS/c1-22-17-19-15(18)14(12-8-4-2-5-9-12)16(20-17)21-13-10-6-3-7-11-13/h2-11H,1H3. The van der Waals surface area contributed by atoms with Crippen LogP contribution in [-0.4, -0.2) is 16.2 Å². The zero-order valence-electron chi connectivity index (χ0n) is 11.9. The molecule has 0 radical (unpaired) electrons. The summed E-state index contributed by atoms with van der Waals surface area (Å²) in [5.41, 5.74) is 1.62. The van der Waals surface area contributed by atoms with Crippen LogP contribution in [0.15, 0.2) is 65.8 Å². The first kappa shape index (κ1) is 14.9. The van der Waals surface area contributed by atoms with E-state index in [1.807, 2.05) is 66.9 Å². The van der Waals surface area contributed by atoms with E-state index in [1.165, 1.54) is 11.8 Å². The average molecular weight is 329 g/mol. The van der Waals surface area contributed by atoms with Crippen molar-refractivity contribution in [3.05, 3.63) is 65.8 Å². The van der Waals surface area contributed by atoms with E-state index < -0.39 is 0 Å². The number of hydrogen-bond acceptors (Lipinski definition) is 4. The fraction of sp³-hybridized carbons (Fsp3) is 0.0588. The summed E-state index contributed by atoms with van der Waals surface area (Å²) in [5, 5.41) is 0.965. The van der Waals surface area contributed by atoms with Crippen LogP contribution in [-0.2, 0) is 0 Å². The Hall–Kier alpha value is -2.04. The van der Waals surface area contributed by atoms with Crippen LogP contribution in [0.25, 0.3) is 11.1 Å². The maximum atomic E-state index is 6.37. The summed E-state index contributed by atoms with van der Waals surface area (Å²) in [6.45, 7) is 0. The normalized spacial score (nSPS) is 10.5. The molecule has 110 valence electrons. The number of benzene rings is 2. The predicted molar refractivity (Wildman–Crippen MR) is 90.8 cm³/mol. The van der Waals surface area contributed by atoms with Crippen molar-refractivity contribution in [2.24, 2.45) is 0 Å². The van der Waals surface area contributed by atoms with Crippen LogP contribution >= 0.6 is 23.4 Å². The average Bonchev–Trinajstić information content (AvgIpc) is 2.56. The van der Waals surface area contributed by atoms with Gasteiger partial charge in [-0.25, -0.2) is 4.98 Å². The molecule has 0 atom stereocenters. The molecule has 1 heterocycles. The van der Waals surface area contributed by atoms with Crippen molar-refractivity contribution in [3.8, 4) is 22.8 Å². The molecule has 5 heteroatoms. The van der Waals surface area contributed by atoms with E-state index in [0.717, 1.165) is 5.56 Å². The number of thioether (sulfide) groups is 1. The molecular formula is C17H13ClN2OS. The van der Waals surface area contributed by atoms with E-state index in [1.54, 1.807) is 0 Å². The van der Waals surface area contributed by atoms with Gasteiger partial charge in [0, 0.05) is 0 Å². The third-order valence-electron chi connectivity index (χ3n) is 3.01. The lowest BCUT2D eigenvalue weighted by atomic mass is 10.1. The summed E-state index contributed by atoms with van der Waals surface area (Å²) in [4.78, 5) is 8.78. The summed E-state index contributed by atoms with van der Waals surface area (Å²) in [6, 6.07) is 19.3. The highest BCUT2D eigenvalue weighted by molar-refractivity contribution is 7.98. The van der Waals surface area contributed by atoms with E-state index in [9.17, 15) is 0 Å². The molecule has 0 bridgehead atoms. The zero-order valence-corrected chi connectivity index (χ0v) is 13.4. The molecule has 0 spiro atoms. The summed E-state index contributed by atoms with van der Waals surface area (Å²) in [7, 11) is 0. The largest absolute Gasteiger partial charge is 0.438 e. The molecule has 0 fully saturated rings. The molecular weight excluding hydrogens is 316 g/mol. The van der Waals surface area contributed by atoms with Crippen LogP contribution in [0, 0.1) is 0 Å². The Labute approximate surface area is 138 Å². The quantitative estimate of drug-likeness (QED) is 0.369. The van der Waals surface area contributed by atoms with E-state index in [-0.39, 0.29) is 0 Å². The van der Waals surface area contributed by atoms with Gasteiger partial charge in [0.25, 0.3) is 0 Å². The maximum absolute atomic E-state index is 6.37. The van der Waals surface area contributed by atoms with Crippen molar-refractivity contribution in [1.82, 2.24) is 9.97 Å². The summed E-state index contributed by atoms with van der Waals surface area (Å²) in [6.07, 6.45) is 1.90. The van der Waals surface area contributed by atoms with Crippen molar-refractivity contribution in [2.75, 3.05) is 6.26 Å². The number of ether oxygens (including phenoxy) is 1. The van der Waals surface area contributed by atoms with Crippen molar-refractivity contribution in [3.63, 3.8) is 0 Å². The predicted octanol–water partition coefficient (Wildman–Crippen LogP) is 5.31. The van der Waals surface area contributed by atoms with Crippen LogP contribution in [0.4, 0.5) is 0 Å². The van der Waals surface area contributed by atoms with Gasteiger partial charge in [0.1, 0.15) is 10.9 Å². The highest BCUT2D eigenvalue weighted by Crippen LogP contribution is 2.37. The second-order valence-electron chi connectivity index (χ2n) is 4.46. The minimum absolute atomic E-state index is 0.386. The van der Waals surface area contributed by atoms with E-state index >= 15 is 0 Å². The molecule has 0 amide bonds. The minimum atomic E-state index is 0.386. The third kappa shape index (κ3) is 3.24. The summed E-state index contributed by atoms with van der Waals surface area (Å²) in [5.74, 6) is 1.17. The van der Waals surface area contributed by atoms with Crippen LogP contribution in [0.3, 0.4) is 0 Å². The van der Waals surface area contributed by atoms with Gasteiger partial charge >= 0.3 is 0 Å². The van der Waals surface area contributed by atoms with Gasteiger partial charge in [0.15, 0.2) is 5.16 Å². The first-order valence-corrected chi connectivity index (χ1v) is 8.28. The maximum Gasteiger partial charge on any atom is 0.232 e. The molecule has 0 aliphatic carbocycles. The van der Waals surface area contributed by atoms with Crippen LogP contribution in [0.2, 0.25) is 5.15 Å². The third-order valence-corrected chi connectivity index (χ3v) is 3.84. The Morgan fingerprint density at radius 2 is 1.55 bits per heavy atom. The van der Waals surface area contributed by atoms with Gasteiger partial charge in [-0.2, -0.15) is 4.98 Å². The van der Waals surface area contributed by atoms with Gasteiger partial charge < -0.3 is 4.74 Å². The molecule has 2 aromatic carbocycles. The van der Waals surface area contributed by atoms with Crippen molar-refractivity contribution in [1.29, 1.82) is 0 Å². The smallest absolute Gasteiger partial charge is 0.232 e. The fourth-order valence-corrected chi connectivity index (χ4v) is 2.69. The monoisotopic (exact) mass is 328 g/mol. The van der Waals surface area contributed by atoms with Crippen molar-refractivity contribution < 1.29 is 4.74 Å². The molecule has 0 aliphatic heterocycles.